The summed E-state index contributed by atoms with van der Waals surface area (Å²) >= 11 is 8.09. The number of aldehydes is 1. The molecule has 64 valence electrons. The lowest BCUT2D eigenvalue weighted by molar-refractivity contribution is -0.107. The normalized spacial score (nSPS) is 9.83. The summed E-state index contributed by atoms with van der Waals surface area (Å²) in [6.45, 7) is 0. The van der Waals surface area contributed by atoms with Gasteiger partial charge in [-0.05, 0) is 40.6 Å². The van der Waals surface area contributed by atoms with Crippen LogP contribution in [-0.2, 0) is 11.2 Å². The zero-order chi connectivity index (χ0) is 8.97. The predicted molar refractivity (Wildman–Crippen MR) is 58.6 cm³/mol. The maximum Gasteiger partial charge on any atom is 0.120 e. The SMILES string of the molecule is O=CCCc1cccc(Cl)c1I. The van der Waals surface area contributed by atoms with Crippen LogP contribution in [0.5, 0.6) is 0 Å². The van der Waals surface area contributed by atoms with Gasteiger partial charge in [-0.1, -0.05) is 23.7 Å². The van der Waals surface area contributed by atoms with Gasteiger partial charge in [-0.3, -0.25) is 0 Å². The molecule has 0 aromatic heterocycles. The van der Waals surface area contributed by atoms with Gasteiger partial charge in [0, 0.05) is 9.99 Å². The van der Waals surface area contributed by atoms with Crippen LogP contribution in [0, 0.1) is 3.57 Å². The second-order valence-electron chi connectivity index (χ2n) is 2.42. The van der Waals surface area contributed by atoms with Crippen LogP contribution in [-0.4, -0.2) is 6.29 Å². The fraction of sp³-hybridized carbons (Fsp3) is 0.222. The van der Waals surface area contributed by atoms with E-state index < -0.39 is 0 Å². The van der Waals surface area contributed by atoms with Gasteiger partial charge in [0.1, 0.15) is 6.29 Å². The van der Waals surface area contributed by atoms with Crippen molar-refractivity contribution in [3.05, 3.63) is 32.4 Å². The van der Waals surface area contributed by atoms with Gasteiger partial charge in [-0.2, -0.15) is 0 Å². The van der Waals surface area contributed by atoms with Crippen molar-refractivity contribution in [2.75, 3.05) is 0 Å². The summed E-state index contributed by atoms with van der Waals surface area (Å²) in [5.74, 6) is 0. The molecule has 0 bridgehead atoms. The molecule has 0 N–H and O–H groups in total. The second kappa shape index (κ2) is 4.82. The van der Waals surface area contributed by atoms with Gasteiger partial charge in [0.2, 0.25) is 0 Å². The summed E-state index contributed by atoms with van der Waals surface area (Å²) in [5.41, 5.74) is 1.15. The molecule has 0 saturated heterocycles. The van der Waals surface area contributed by atoms with Crippen molar-refractivity contribution in [1.82, 2.24) is 0 Å². The minimum Gasteiger partial charge on any atom is -0.303 e. The van der Waals surface area contributed by atoms with Crippen LogP contribution in [0.2, 0.25) is 5.02 Å². The molecule has 0 atom stereocenters. The summed E-state index contributed by atoms with van der Waals surface area (Å²) in [4.78, 5) is 10.1. The van der Waals surface area contributed by atoms with E-state index in [1.807, 2.05) is 18.2 Å². The molecule has 0 radical (unpaired) electrons. The quantitative estimate of drug-likeness (QED) is 0.618. The van der Waals surface area contributed by atoms with E-state index in [0.717, 1.165) is 26.9 Å². The number of hydrogen-bond donors (Lipinski definition) is 0. The van der Waals surface area contributed by atoms with Gasteiger partial charge < -0.3 is 4.79 Å². The second-order valence-corrected chi connectivity index (χ2v) is 3.90. The highest BCUT2D eigenvalue weighted by Crippen LogP contribution is 2.22. The Balaban J connectivity index is 2.84. The van der Waals surface area contributed by atoms with Crippen molar-refractivity contribution >= 4 is 40.5 Å². The Morgan fingerprint density at radius 1 is 1.50 bits per heavy atom. The third-order valence-corrected chi connectivity index (χ3v) is 3.47. The van der Waals surface area contributed by atoms with Crippen LogP contribution < -0.4 is 0 Å². The van der Waals surface area contributed by atoms with Gasteiger partial charge in [0.05, 0.1) is 5.02 Å². The van der Waals surface area contributed by atoms with Crippen LogP contribution >= 0.6 is 34.2 Å². The van der Waals surface area contributed by atoms with Gasteiger partial charge in [-0.25, -0.2) is 0 Å². The lowest BCUT2D eigenvalue weighted by Gasteiger charge is -2.02. The summed E-state index contributed by atoms with van der Waals surface area (Å²) < 4.78 is 1.05. The smallest absolute Gasteiger partial charge is 0.120 e. The molecule has 0 unspecified atom stereocenters. The molecule has 1 aromatic rings. The molecule has 0 heterocycles. The largest absolute Gasteiger partial charge is 0.303 e. The van der Waals surface area contributed by atoms with E-state index in [2.05, 4.69) is 22.6 Å². The molecule has 0 amide bonds. The molecule has 3 heteroatoms. The van der Waals surface area contributed by atoms with Crippen molar-refractivity contribution in [2.24, 2.45) is 0 Å². The highest BCUT2D eigenvalue weighted by molar-refractivity contribution is 14.1. The number of aryl methyl sites for hydroxylation is 1. The molecular weight excluding hydrogens is 286 g/mol. The first-order chi connectivity index (χ1) is 5.75. The highest BCUT2D eigenvalue weighted by Gasteiger charge is 2.01. The van der Waals surface area contributed by atoms with E-state index in [1.165, 1.54) is 0 Å². The minimum absolute atomic E-state index is 0.566. The fourth-order valence-electron chi connectivity index (χ4n) is 0.956. The Morgan fingerprint density at radius 3 is 2.92 bits per heavy atom. The number of carbonyl (C=O) groups excluding carboxylic acids is 1. The Morgan fingerprint density at radius 2 is 2.25 bits per heavy atom. The van der Waals surface area contributed by atoms with Gasteiger partial charge in [0.25, 0.3) is 0 Å². The first-order valence-electron chi connectivity index (χ1n) is 3.62. The number of rotatable bonds is 3. The van der Waals surface area contributed by atoms with E-state index in [4.69, 9.17) is 11.6 Å². The minimum atomic E-state index is 0.566. The molecule has 0 fully saturated rings. The van der Waals surface area contributed by atoms with Gasteiger partial charge >= 0.3 is 0 Å². The van der Waals surface area contributed by atoms with E-state index in [1.54, 1.807) is 0 Å². The van der Waals surface area contributed by atoms with E-state index in [0.29, 0.717) is 6.42 Å². The number of hydrogen-bond acceptors (Lipinski definition) is 1. The van der Waals surface area contributed by atoms with Gasteiger partial charge in [-0.15, -0.1) is 0 Å². The average Bonchev–Trinajstić information content (AvgIpc) is 2.08. The highest BCUT2D eigenvalue weighted by atomic mass is 127. The lowest BCUT2D eigenvalue weighted by Crippen LogP contribution is -1.90. The summed E-state index contributed by atoms with van der Waals surface area (Å²) in [7, 11) is 0. The number of carbonyl (C=O) groups is 1. The Hall–Kier alpha value is -0.0900. The number of halogens is 2. The zero-order valence-corrected chi connectivity index (χ0v) is 9.30. The molecule has 0 aliphatic carbocycles. The standard InChI is InChI=1S/C9H8ClIO/c10-8-5-1-3-7(9(8)11)4-2-6-12/h1,3,5-6H,2,4H2. The first kappa shape index (κ1) is 9.99. The Kier molecular flexibility index (Phi) is 4.01. The summed E-state index contributed by atoms with van der Waals surface area (Å²) in [6.07, 6.45) is 2.27. The maximum atomic E-state index is 10.1. The van der Waals surface area contributed by atoms with Crippen molar-refractivity contribution < 1.29 is 4.79 Å². The molecule has 1 aromatic carbocycles. The molecule has 12 heavy (non-hydrogen) atoms. The van der Waals surface area contributed by atoms with Crippen LogP contribution in [0.4, 0.5) is 0 Å². The Labute approximate surface area is 90.3 Å². The summed E-state index contributed by atoms with van der Waals surface area (Å²) in [6, 6.07) is 5.76. The van der Waals surface area contributed by atoms with Crippen molar-refractivity contribution in [3.63, 3.8) is 0 Å². The van der Waals surface area contributed by atoms with Crippen molar-refractivity contribution in [1.29, 1.82) is 0 Å². The molecular formula is C9H8ClIO. The van der Waals surface area contributed by atoms with E-state index in [-0.39, 0.29) is 0 Å². The van der Waals surface area contributed by atoms with Crippen LogP contribution in [0.1, 0.15) is 12.0 Å². The van der Waals surface area contributed by atoms with Crippen molar-refractivity contribution in [3.8, 4) is 0 Å². The average molecular weight is 295 g/mol. The van der Waals surface area contributed by atoms with Gasteiger partial charge in [0.15, 0.2) is 0 Å². The maximum absolute atomic E-state index is 10.1. The topological polar surface area (TPSA) is 17.1 Å². The molecule has 1 nitrogen and oxygen atoms in total. The van der Waals surface area contributed by atoms with E-state index in [9.17, 15) is 4.79 Å². The first-order valence-corrected chi connectivity index (χ1v) is 5.08. The van der Waals surface area contributed by atoms with Crippen LogP contribution in [0.3, 0.4) is 0 Å². The monoisotopic (exact) mass is 294 g/mol. The third-order valence-electron chi connectivity index (χ3n) is 1.56. The zero-order valence-electron chi connectivity index (χ0n) is 6.39. The lowest BCUT2D eigenvalue weighted by atomic mass is 10.1. The third kappa shape index (κ3) is 2.45. The summed E-state index contributed by atoms with van der Waals surface area (Å²) in [5, 5.41) is 0.763. The fourth-order valence-corrected chi connectivity index (χ4v) is 1.78. The van der Waals surface area contributed by atoms with Crippen LogP contribution in [0.25, 0.3) is 0 Å². The molecule has 0 aliphatic rings. The molecule has 0 aliphatic heterocycles. The molecule has 1 rings (SSSR count). The number of benzene rings is 1. The molecule has 0 saturated carbocycles. The predicted octanol–water partition coefficient (Wildman–Crippen LogP) is 3.08. The Bertz CT molecular complexity index is 286. The van der Waals surface area contributed by atoms with Crippen molar-refractivity contribution in [2.45, 2.75) is 12.8 Å². The van der Waals surface area contributed by atoms with Crippen LogP contribution in [0.15, 0.2) is 18.2 Å². The van der Waals surface area contributed by atoms with E-state index >= 15 is 0 Å². The molecule has 0 spiro atoms.